The summed E-state index contributed by atoms with van der Waals surface area (Å²) in [7, 11) is 3.34. The van der Waals surface area contributed by atoms with Gasteiger partial charge in [-0.2, -0.15) is 0 Å². The summed E-state index contributed by atoms with van der Waals surface area (Å²) in [6.45, 7) is 4.12. The van der Waals surface area contributed by atoms with Crippen molar-refractivity contribution in [1.82, 2.24) is 15.6 Å². The van der Waals surface area contributed by atoms with Crippen LogP contribution in [0.4, 0.5) is 0 Å². The summed E-state index contributed by atoms with van der Waals surface area (Å²) in [5.74, 6) is 2.46. The minimum Gasteiger partial charge on any atom is -0.497 e. The van der Waals surface area contributed by atoms with Crippen molar-refractivity contribution in [1.29, 1.82) is 0 Å². The van der Waals surface area contributed by atoms with Gasteiger partial charge in [0.25, 0.3) is 0 Å². The number of aromatic nitrogens is 1. The Morgan fingerprint density at radius 1 is 1.12 bits per heavy atom. The molecule has 0 saturated heterocycles. The molecule has 0 spiro atoms. The number of nitrogens with zero attached hydrogens (tertiary/aromatic N) is 2. The van der Waals surface area contributed by atoms with Gasteiger partial charge in [-0.1, -0.05) is 6.07 Å². The van der Waals surface area contributed by atoms with Crippen LogP contribution in [0.5, 0.6) is 11.5 Å². The van der Waals surface area contributed by atoms with Gasteiger partial charge in [0.15, 0.2) is 5.96 Å². The van der Waals surface area contributed by atoms with Crippen LogP contribution in [0, 0.1) is 0 Å². The van der Waals surface area contributed by atoms with Crippen LogP contribution >= 0.6 is 24.0 Å². The normalized spacial score (nSPS) is 10.7. The molecule has 2 N–H and O–H groups in total. The van der Waals surface area contributed by atoms with Gasteiger partial charge in [-0.15, -0.1) is 24.0 Å². The lowest BCUT2D eigenvalue weighted by Crippen LogP contribution is -2.38. The third-order valence-electron chi connectivity index (χ3n) is 3.64. The number of halogens is 1. The number of guanidine groups is 1. The fourth-order valence-corrected chi connectivity index (χ4v) is 2.39. The van der Waals surface area contributed by atoms with Gasteiger partial charge in [-0.3, -0.25) is 4.98 Å². The summed E-state index contributed by atoms with van der Waals surface area (Å²) in [6, 6.07) is 11.7. The Labute approximate surface area is 172 Å². The van der Waals surface area contributed by atoms with Crippen LogP contribution in [0.1, 0.15) is 18.2 Å². The van der Waals surface area contributed by atoms with E-state index in [0.29, 0.717) is 6.54 Å². The molecule has 0 aliphatic rings. The molecular weight excluding hydrogens is 443 g/mol. The third kappa shape index (κ3) is 7.07. The van der Waals surface area contributed by atoms with Crippen molar-refractivity contribution in [3.8, 4) is 11.5 Å². The van der Waals surface area contributed by atoms with E-state index in [2.05, 4.69) is 20.6 Å². The van der Waals surface area contributed by atoms with Crippen LogP contribution in [0.2, 0.25) is 0 Å². The molecule has 1 heterocycles. The van der Waals surface area contributed by atoms with E-state index in [1.54, 1.807) is 20.4 Å². The summed E-state index contributed by atoms with van der Waals surface area (Å²) in [5, 5.41) is 6.59. The molecule has 0 saturated carbocycles. The molecule has 7 heteroatoms. The molecule has 0 unspecified atom stereocenters. The van der Waals surface area contributed by atoms with Crippen LogP contribution in [-0.2, 0) is 13.0 Å². The van der Waals surface area contributed by atoms with Crippen molar-refractivity contribution in [2.75, 3.05) is 27.3 Å². The molecule has 2 rings (SSSR count). The fraction of sp³-hybridized carbons (Fsp3) is 0.368. The molecule has 6 nitrogen and oxygen atoms in total. The van der Waals surface area contributed by atoms with E-state index in [1.807, 2.05) is 43.3 Å². The highest BCUT2D eigenvalue weighted by Crippen LogP contribution is 2.24. The SMILES string of the molecule is CCNC(=NCc1ccccn1)NCCc1cc(OC)ccc1OC.I. The first-order valence-electron chi connectivity index (χ1n) is 8.39. The fourth-order valence-electron chi connectivity index (χ4n) is 2.39. The minimum atomic E-state index is 0. The molecule has 0 bridgehead atoms. The Morgan fingerprint density at radius 3 is 2.62 bits per heavy atom. The van der Waals surface area contributed by atoms with E-state index in [9.17, 15) is 0 Å². The van der Waals surface area contributed by atoms with Gasteiger partial charge in [0.2, 0.25) is 0 Å². The second-order valence-electron chi connectivity index (χ2n) is 5.37. The van der Waals surface area contributed by atoms with E-state index in [1.165, 1.54) is 0 Å². The van der Waals surface area contributed by atoms with Gasteiger partial charge < -0.3 is 20.1 Å². The molecular formula is C19H27IN4O2. The Hall–Kier alpha value is -2.03. The van der Waals surface area contributed by atoms with E-state index >= 15 is 0 Å². The summed E-state index contributed by atoms with van der Waals surface area (Å²) >= 11 is 0. The van der Waals surface area contributed by atoms with Gasteiger partial charge in [0, 0.05) is 19.3 Å². The van der Waals surface area contributed by atoms with E-state index in [-0.39, 0.29) is 24.0 Å². The first-order chi connectivity index (χ1) is 12.3. The molecule has 0 fully saturated rings. The number of nitrogens with one attached hydrogen (secondary N) is 2. The first kappa shape index (κ1) is 22.0. The van der Waals surface area contributed by atoms with Gasteiger partial charge >= 0.3 is 0 Å². The second-order valence-corrected chi connectivity index (χ2v) is 5.37. The zero-order valence-corrected chi connectivity index (χ0v) is 17.8. The Kier molecular flexibility index (Phi) is 10.5. The number of methoxy groups -OCH3 is 2. The van der Waals surface area contributed by atoms with Crippen molar-refractivity contribution >= 4 is 29.9 Å². The standard InChI is InChI=1S/C19H26N4O2.HI/c1-4-20-19(23-14-16-7-5-6-11-21-16)22-12-10-15-13-17(24-2)8-9-18(15)25-3;/h5-9,11,13H,4,10,12,14H2,1-3H3,(H2,20,22,23);1H. The van der Waals surface area contributed by atoms with Crippen LogP contribution < -0.4 is 20.1 Å². The quantitative estimate of drug-likeness (QED) is 0.353. The van der Waals surface area contributed by atoms with E-state index in [0.717, 1.165) is 48.2 Å². The Morgan fingerprint density at radius 2 is 1.96 bits per heavy atom. The van der Waals surface area contributed by atoms with E-state index < -0.39 is 0 Å². The van der Waals surface area contributed by atoms with Crippen LogP contribution in [0.25, 0.3) is 0 Å². The number of hydrogen-bond acceptors (Lipinski definition) is 4. The highest BCUT2D eigenvalue weighted by molar-refractivity contribution is 14.0. The monoisotopic (exact) mass is 470 g/mol. The molecule has 0 aliphatic heterocycles. The van der Waals surface area contributed by atoms with Crippen molar-refractivity contribution in [3.05, 3.63) is 53.9 Å². The molecule has 0 aliphatic carbocycles. The van der Waals surface area contributed by atoms with Gasteiger partial charge in [0.1, 0.15) is 11.5 Å². The smallest absolute Gasteiger partial charge is 0.191 e. The lowest BCUT2D eigenvalue weighted by Gasteiger charge is -2.13. The summed E-state index contributed by atoms with van der Waals surface area (Å²) in [6.07, 6.45) is 2.58. The summed E-state index contributed by atoms with van der Waals surface area (Å²) in [5.41, 5.74) is 2.03. The highest BCUT2D eigenvalue weighted by atomic mass is 127. The maximum absolute atomic E-state index is 5.42. The summed E-state index contributed by atoms with van der Waals surface area (Å²) < 4.78 is 10.7. The second kappa shape index (κ2) is 12.3. The zero-order chi connectivity index (χ0) is 17.9. The molecule has 26 heavy (non-hydrogen) atoms. The molecule has 0 atom stereocenters. The largest absolute Gasteiger partial charge is 0.497 e. The maximum Gasteiger partial charge on any atom is 0.191 e. The third-order valence-corrected chi connectivity index (χ3v) is 3.64. The van der Waals surface area contributed by atoms with Gasteiger partial charge in [-0.05, 0) is 49.2 Å². The number of aliphatic imine (C=N–C) groups is 1. The predicted molar refractivity (Wildman–Crippen MR) is 116 cm³/mol. The number of pyridine rings is 1. The van der Waals surface area contributed by atoms with Crippen molar-refractivity contribution < 1.29 is 9.47 Å². The van der Waals surface area contributed by atoms with Gasteiger partial charge in [0.05, 0.1) is 26.5 Å². The lowest BCUT2D eigenvalue weighted by molar-refractivity contribution is 0.398. The van der Waals surface area contributed by atoms with Crippen molar-refractivity contribution in [2.45, 2.75) is 19.9 Å². The number of ether oxygens (including phenoxy) is 2. The number of rotatable bonds is 8. The lowest BCUT2D eigenvalue weighted by atomic mass is 10.1. The minimum absolute atomic E-state index is 0. The zero-order valence-electron chi connectivity index (χ0n) is 15.5. The van der Waals surface area contributed by atoms with Crippen molar-refractivity contribution in [2.24, 2.45) is 4.99 Å². The summed E-state index contributed by atoms with van der Waals surface area (Å²) in [4.78, 5) is 8.85. The molecule has 1 aromatic carbocycles. The van der Waals surface area contributed by atoms with Crippen LogP contribution in [-0.4, -0.2) is 38.3 Å². The van der Waals surface area contributed by atoms with E-state index in [4.69, 9.17) is 9.47 Å². The molecule has 2 aromatic rings. The Balaban J connectivity index is 0.00000338. The average molecular weight is 470 g/mol. The number of hydrogen-bond donors (Lipinski definition) is 2. The Bertz CT molecular complexity index is 680. The molecule has 0 amide bonds. The highest BCUT2D eigenvalue weighted by Gasteiger charge is 2.06. The van der Waals surface area contributed by atoms with Crippen molar-refractivity contribution in [3.63, 3.8) is 0 Å². The van der Waals surface area contributed by atoms with Gasteiger partial charge in [-0.25, -0.2) is 4.99 Å². The number of benzene rings is 1. The topological polar surface area (TPSA) is 67.8 Å². The van der Waals surface area contributed by atoms with Crippen LogP contribution in [0.3, 0.4) is 0 Å². The molecule has 1 aromatic heterocycles. The molecule has 142 valence electrons. The predicted octanol–water partition coefficient (Wildman–Crippen LogP) is 3.01. The average Bonchev–Trinajstić information content (AvgIpc) is 2.66. The first-order valence-corrected chi connectivity index (χ1v) is 8.39. The molecule has 0 radical (unpaired) electrons. The van der Waals surface area contributed by atoms with Crippen LogP contribution in [0.15, 0.2) is 47.6 Å². The maximum atomic E-state index is 5.42.